The Labute approximate surface area is 201 Å². The summed E-state index contributed by atoms with van der Waals surface area (Å²) in [7, 11) is 0. The van der Waals surface area contributed by atoms with E-state index < -0.39 is 81.9 Å². The van der Waals surface area contributed by atoms with Gasteiger partial charge in [0, 0.05) is 11.6 Å². The van der Waals surface area contributed by atoms with Crippen molar-refractivity contribution in [2.45, 2.75) is 51.6 Å². The Morgan fingerprint density at radius 1 is 0.639 bits per heavy atom. The Bertz CT molecular complexity index is 1220. The van der Waals surface area contributed by atoms with E-state index in [1.54, 1.807) is 0 Å². The quantitative estimate of drug-likeness (QED) is 0.234. The first-order valence-electron chi connectivity index (χ1n) is 11.1. The van der Waals surface area contributed by atoms with E-state index in [1.165, 1.54) is 0 Å². The monoisotopic (exact) mass is 520 g/mol. The SMILES string of the molecule is CCCCCc1cc(F)c(-c2c(O)cc(F)c(CCc3cc(F)c(C(F)(F)F)c(F)c3)c2F)c(F)c1. The number of aromatic hydroxyl groups is 1. The normalized spacial score (nSPS) is 11.8. The van der Waals surface area contributed by atoms with Gasteiger partial charge in [-0.1, -0.05) is 19.8 Å². The van der Waals surface area contributed by atoms with Crippen LogP contribution in [0.4, 0.5) is 39.5 Å². The van der Waals surface area contributed by atoms with Gasteiger partial charge < -0.3 is 5.11 Å². The number of rotatable bonds is 8. The van der Waals surface area contributed by atoms with Crippen molar-refractivity contribution in [2.24, 2.45) is 0 Å². The van der Waals surface area contributed by atoms with Crippen molar-refractivity contribution >= 4 is 0 Å². The topological polar surface area (TPSA) is 20.2 Å². The maximum atomic E-state index is 15.2. The summed E-state index contributed by atoms with van der Waals surface area (Å²) in [6, 6.07) is 3.20. The van der Waals surface area contributed by atoms with Crippen LogP contribution in [0.25, 0.3) is 11.1 Å². The van der Waals surface area contributed by atoms with Gasteiger partial charge in [-0.25, -0.2) is 26.3 Å². The molecule has 0 aliphatic rings. The third kappa shape index (κ3) is 5.79. The number of unbranched alkanes of at least 4 members (excludes halogenated alkanes) is 2. The fourth-order valence-corrected chi connectivity index (χ4v) is 4.01. The smallest absolute Gasteiger partial charge is 0.422 e. The average Bonchev–Trinajstić information content (AvgIpc) is 2.74. The fraction of sp³-hybridized carbons (Fsp3) is 0.308. The molecule has 10 heteroatoms. The second-order valence-corrected chi connectivity index (χ2v) is 8.37. The van der Waals surface area contributed by atoms with Crippen molar-refractivity contribution in [3.8, 4) is 16.9 Å². The van der Waals surface area contributed by atoms with E-state index in [0.29, 0.717) is 36.6 Å². The molecule has 0 heterocycles. The number of aryl methyl sites for hydroxylation is 2. The fourth-order valence-electron chi connectivity index (χ4n) is 4.01. The summed E-state index contributed by atoms with van der Waals surface area (Å²) in [5, 5.41) is 10.1. The van der Waals surface area contributed by atoms with E-state index in [0.717, 1.165) is 25.0 Å². The molecule has 0 saturated carbocycles. The molecule has 0 fully saturated rings. The number of benzene rings is 3. The van der Waals surface area contributed by atoms with Crippen LogP contribution in [0.1, 0.15) is 48.4 Å². The van der Waals surface area contributed by atoms with Gasteiger partial charge in [0.15, 0.2) is 0 Å². The van der Waals surface area contributed by atoms with E-state index in [9.17, 15) is 40.2 Å². The van der Waals surface area contributed by atoms with E-state index >= 15 is 4.39 Å². The lowest BCUT2D eigenvalue weighted by Gasteiger charge is -2.15. The molecule has 0 aliphatic heterocycles. The predicted octanol–water partition coefficient (Wildman–Crippen LogP) is 8.43. The van der Waals surface area contributed by atoms with Crippen LogP contribution in [-0.2, 0) is 25.4 Å². The van der Waals surface area contributed by atoms with Crippen molar-refractivity contribution in [3.05, 3.63) is 87.5 Å². The molecule has 3 rings (SSSR count). The summed E-state index contributed by atoms with van der Waals surface area (Å²) < 4.78 is 125. The molecular formula is C26H21F9O. The Morgan fingerprint density at radius 3 is 1.69 bits per heavy atom. The third-order valence-corrected chi connectivity index (χ3v) is 5.76. The molecule has 0 aromatic heterocycles. The van der Waals surface area contributed by atoms with Gasteiger partial charge in [-0.3, -0.25) is 0 Å². The van der Waals surface area contributed by atoms with E-state index in [4.69, 9.17) is 0 Å². The number of hydrogen-bond acceptors (Lipinski definition) is 1. The minimum Gasteiger partial charge on any atom is -0.507 e. The number of hydrogen-bond donors (Lipinski definition) is 1. The lowest BCUT2D eigenvalue weighted by Crippen LogP contribution is -2.12. The highest BCUT2D eigenvalue weighted by atomic mass is 19.4. The van der Waals surface area contributed by atoms with Gasteiger partial charge in [-0.15, -0.1) is 0 Å². The summed E-state index contributed by atoms with van der Waals surface area (Å²) in [5.41, 5.74) is -4.74. The lowest BCUT2D eigenvalue weighted by atomic mass is 9.94. The van der Waals surface area contributed by atoms with Crippen LogP contribution in [0, 0.1) is 34.9 Å². The summed E-state index contributed by atoms with van der Waals surface area (Å²) in [4.78, 5) is 0. The maximum absolute atomic E-state index is 15.2. The first-order valence-corrected chi connectivity index (χ1v) is 11.1. The predicted molar refractivity (Wildman–Crippen MR) is 115 cm³/mol. The standard InChI is InChI=1S/C26H21F9O/c1-2-3-4-5-13-8-17(28)22(18(29)9-13)23-21(36)12-16(27)15(25(23)32)7-6-14-10-19(30)24(20(31)11-14)26(33,34)35/h8-12,36H,2-7H2,1H3. The minimum absolute atomic E-state index is 0.316. The molecule has 0 aliphatic carbocycles. The van der Waals surface area contributed by atoms with Gasteiger partial charge in [-0.2, -0.15) is 13.2 Å². The summed E-state index contributed by atoms with van der Waals surface area (Å²) in [6.45, 7) is 1.95. The molecule has 1 nitrogen and oxygen atoms in total. The highest BCUT2D eigenvalue weighted by Gasteiger charge is 2.38. The van der Waals surface area contributed by atoms with Crippen molar-refractivity contribution in [1.82, 2.24) is 0 Å². The van der Waals surface area contributed by atoms with Gasteiger partial charge in [0.1, 0.15) is 46.2 Å². The zero-order valence-electron chi connectivity index (χ0n) is 19.0. The molecule has 0 amide bonds. The molecule has 36 heavy (non-hydrogen) atoms. The van der Waals surface area contributed by atoms with Crippen molar-refractivity contribution < 1.29 is 44.6 Å². The Hall–Kier alpha value is -3.17. The molecule has 194 valence electrons. The summed E-state index contributed by atoms with van der Waals surface area (Å²) >= 11 is 0. The lowest BCUT2D eigenvalue weighted by molar-refractivity contribution is -0.142. The molecule has 0 spiro atoms. The van der Waals surface area contributed by atoms with Crippen LogP contribution in [0.15, 0.2) is 30.3 Å². The second kappa shape index (κ2) is 10.8. The van der Waals surface area contributed by atoms with Gasteiger partial charge in [-0.05, 0) is 61.1 Å². The van der Waals surface area contributed by atoms with E-state index in [-0.39, 0.29) is 5.56 Å². The number of alkyl halides is 3. The van der Waals surface area contributed by atoms with Gasteiger partial charge in [0.2, 0.25) is 0 Å². The van der Waals surface area contributed by atoms with Crippen LogP contribution in [-0.4, -0.2) is 5.11 Å². The Morgan fingerprint density at radius 2 is 1.17 bits per heavy atom. The van der Waals surface area contributed by atoms with E-state index in [2.05, 4.69) is 0 Å². The molecule has 0 atom stereocenters. The van der Waals surface area contributed by atoms with Crippen LogP contribution >= 0.6 is 0 Å². The van der Waals surface area contributed by atoms with Crippen LogP contribution in [0.3, 0.4) is 0 Å². The summed E-state index contributed by atoms with van der Waals surface area (Å²) in [6.07, 6.45) is -3.68. The molecule has 0 unspecified atom stereocenters. The molecule has 0 radical (unpaired) electrons. The average molecular weight is 520 g/mol. The number of phenolic OH excluding ortho intramolecular Hbond substituents is 1. The number of halogens is 9. The number of phenols is 1. The zero-order chi connectivity index (χ0) is 26.8. The van der Waals surface area contributed by atoms with Crippen LogP contribution in [0.2, 0.25) is 0 Å². The third-order valence-electron chi connectivity index (χ3n) is 5.76. The first kappa shape index (κ1) is 27.4. The zero-order valence-corrected chi connectivity index (χ0v) is 19.0. The molecule has 0 saturated heterocycles. The van der Waals surface area contributed by atoms with Crippen molar-refractivity contribution in [2.75, 3.05) is 0 Å². The molecule has 3 aromatic carbocycles. The second-order valence-electron chi connectivity index (χ2n) is 8.37. The Kier molecular flexibility index (Phi) is 8.26. The first-order chi connectivity index (χ1) is 16.8. The van der Waals surface area contributed by atoms with Gasteiger partial charge >= 0.3 is 6.18 Å². The van der Waals surface area contributed by atoms with Gasteiger partial charge in [0.05, 0.1) is 11.1 Å². The summed E-state index contributed by atoms with van der Waals surface area (Å²) in [5.74, 6) is -10.0. The molecule has 1 N–H and O–H groups in total. The van der Waals surface area contributed by atoms with Crippen molar-refractivity contribution in [1.29, 1.82) is 0 Å². The van der Waals surface area contributed by atoms with Crippen LogP contribution < -0.4 is 0 Å². The van der Waals surface area contributed by atoms with Crippen molar-refractivity contribution in [3.63, 3.8) is 0 Å². The largest absolute Gasteiger partial charge is 0.507 e. The Balaban J connectivity index is 1.96. The van der Waals surface area contributed by atoms with E-state index in [1.807, 2.05) is 6.92 Å². The highest BCUT2D eigenvalue weighted by molar-refractivity contribution is 5.73. The highest BCUT2D eigenvalue weighted by Crippen LogP contribution is 2.39. The van der Waals surface area contributed by atoms with Gasteiger partial charge in [0.25, 0.3) is 0 Å². The van der Waals surface area contributed by atoms with Crippen LogP contribution in [0.5, 0.6) is 5.75 Å². The molecule has 0 bridgehead atoms. The minimum atomic E-state index is -5.28. The molecular weight excluding hydrogens is 499 g/mol. The molecule has 3 aromatic rings. The maximum Gasteiger partial charge on any atom is 0.422 e.